The first-order chi connectivity index (χ1) is 9.33. The Hall–Kier alpha value is -1.76. The Kier molecular flexibility index (Phi) is 3.29. The Morgan fingerprint density at radius 1 is 1.25 bits per heavy atom. The van der Waals surface area contributed by atoms with Crippen LogP contribution in [0.2, 0.25) is 0 Å². The monoisotopic (exact) mass is 306 g/mol. The van der Waals surface area contributed by atoms with E-state index in [1.807, 2.05) is 18.2 Å². The van der Waals surface area contributed by atoms with Crippen LogP contribution in [0.4, 0.5) is 0 Å². The highest BCUT2D eigenvalue weighted by Crippen LogP contribution is 2.31. The zero-order valence-electron chi connectivity index (χ0n) is 10.3. The van der Waals surface area contributed by atoms with E-state index in [1.165, 1.54) is 16.2 Å². The van der Waals surface area contributed by atoms with Crippen molar-refractivity contribution in [1.29, 1.82) is 0 Å². The number of aromatic nitrogens is 3. The Labute approximate surface area is 124 Å². The summed E-state index contributed by atoms with van der Waals surface area (Å²) in [4.78, 5) is 25.0. The summed E-state index contributed by atoms with van der Waals surface area (Å²) in [5, 5.41) is 3.28. The maximum Gasteiger partial charge on any atom is 0.269 e. The van der Waals surface area contributed by atoms with Crippen LogP contribution in [0.1, 0.15) is 10.4 Å². The maximum absolute atomic E-state index is 12.1. The average Bonchev–Trinajstić information content (AvgIpc) is 3.01. The van der Waals surface area contributed by atoms with Crippen molar-refractivity contribution < 1.29 is 0 Å². The number of rotatable bonds is 1. The van der Waals surface area contributed by atoms with E-state index in [0.29, 0.717) is 16.2 Å². The van der Waals surface area contributed by atoms with Crippen LogP contribution >= 0.6 is 23.7 Å². The van der Waals surface area contributed by atoms with Crippen molar-refractivity contribution in [3.05, 3.63) is 45.2 Å². The van der Waals surface area contributed by atoms with Crippen molar-refractivity contribution in [2.45, 2.75) is 13.1 Å². The van der Waals surface area contributed by atoms with Crippen LogP contribution in [0.5, 0.6) is 0 Å². The molecular weight excluding hydrogens is 296 g/mol. The van der Waals surface area contributed by atoms with Crippen molar-refractivity contribution >= 4 is 34.0 Å². The number of hydrogen-bond acceptors (Lipinski definition) is 5. The molecular formula is C13H11ClN4OS. The van der Waals surface area contributed by atoms with Gasteiger partial charge in [0.2, 0.25) is 0 Å². The van der Waals surface area contributed by atoms with Gasteiger partial charge in [-0.1, -0.05) is 6.07 Å². The van der Waals surface area contributed by atoms with Gasteiger partial charge in [-0.2, -0.15) is 0 Å². The minimum atomic E-state index is -0.0787. The molecule has 0 spiro atoms. The summed E-state index contributed by atoms with van der Waals surface area (Å²) in [7, 11) is 0. The first kappa shape index (κ1) is 13.2. The van der Waals surface area contributed by atoms with Gasteiger partial charge in [-0.3, -0.25) is 9.78 Å². The van der Waals surface area contributed by atoms with Crippen LogP contribution in [0.25, 0.3) is 21.7 Å². The van der Waals surface area contributed by atoms with E-state index in [0.717, 1.165) is 24.2 Å². The second kappa shape index (κ2) is 4.97. The number of aromatic amines is 1. The van der Waals surface area contributed by atoms with Crippen LogP contribution in [-0.4, -0.2) is 15.0 Å². The number of nitrogens with zero attached hydrogens (tertiary/aromatic N) is 2. The Bertz CT molecular complexity index is 827. The van der Waals surface area contributed by atoms with E-state index in [2.05, 4.69) is 20.3 Å². The number of nitrogens with one attached hydrogen (secondary N) is 2. The van der Waals surface area contributed by atoms with E-state index in [9.17, 15) is 4.79 Å². The molecule has 0 fully saturated rings. The smallest absolute Gasteiger partial charge is 0.269 e. The second-order valence-corrected chi connectivity index (χ2v) is 5.52. The zero-order valence-corrected chi connectivity index (χ0v) is 12.0. The Morgan fingerprint density at radius 3 is 2.95 bits per heavy atom. The predicted molar refractivity (Wildman–Crippen MR) is 81.3 cm³/mol. The molecule has 0 saturated carbocycles. The fourth-order valence-corrected chi connectivity index (χ4v) is 3.45. The van der Waals surface area contributed by atoms with Crippen molar-refractivity contribution in [2.75, 3.05) is 0 Å². The van der Waals surface area contributed by atoms with Crippen molar-refractivity contribution in [2.24, 2.45) is 0 Å². The summed E-state index contributed by atoms with van der Waals surface area (Å²) < 4.78 is 0.714. The van der Waals surface area contributed by atoms with E-state index in [4.69, 9.17) is 0 Å². The van der Waals surface area contributed by atoms with Crippen molar-refractivity contribution in [1.82, 2.24) is 20.3 Å². The highest BCUT2D eigenvalue weighted by molar-refractivity contribution is 7.19. The van der Waals surface area contributed by atoms with Crippen LogP contribution in [0.3, 0.4) is 0 Å². The highest BCUT2D eigenvalue weighted by atomic mass is 35.5. The molecule has 4 heterocycles. The van der Waals surface area contributed by atoms with Gasteiger partial charge in [0.15, 0.2) is 5.82 Å². The van der Waals surface area contributed by atoms with Crippen molar-refractivity contribution in [3.8, 4) is 11.5 Å². The molecule has 0 atom stereocenters. The number of hydrogen-bond donors (Lipinski definition) is 2. The number of halogens is 1. The van der Waals surface area contributed by atoms with Gasteiger partial charge in [-0.25, -0.2) is 4.98 Å². The zero-order chi connectivity index (χ0) is 12.8. The minimum Gasteiger partial charge on any atom is -0.308 e. The second-order valence-electron chi connectivity index (χ2n) is 4.41. The van der Waals surface area contributed by atoms with Crippen molar-refractivity contribution in [3.63, 3.8) is 0 Å². The first-order valence-electron chi connectivity index (χ1n) is 5.99. The number of pyridine rings is 1. The lowest BCUT2D eigenvalue weighted by Crippen LogP contribution is -2.09. The van der Waals surface area contributed by atoms with Crippen LogP contribution < -0.4 is 10.9 Å². The maximum atomic E-state index is 12.1. The Balaban J connectivity index is 0.00000121. The molecule has 2 N–H and O–H groups in total. The molecule has 0 bridgehead atoms. The van der Waals surface area contributed by atoms with Crippen LogP contribution in [0.15, 0.2) is 29.2 Å². The first-order valence-corrected chi connectivity index (χ1v) is 6.81. The summed E-state index contributed by atoms with van der Waals surface area (Å²) in [6.07, 6.45) is 1.69. The summed E-state index contributed by atoms with van der Waals surface area (Å²) in [5.74, 6) is 0.533. The molecule has 3 aromatic rings. The standard InChI is InChI=1S/C13H10N4OS.ClH/c18-13-11-10(7-5-14-6-9(7)19-11)16-12(17-13)8-3-1-2-4-15-8;/h1-4,14H,5-6H2,(H,16,17,18);1H. The molecule has 1 aliphatic heterocycles. The highest BCUT2D eigenvalue weighted by Gasteiger charge is 2.20. The summed E-state index contributed by atoms with van der Waals surface area (Å²) in [5.41, 5.74) is 2.58. The van der Waals surface area contributed by atoms with Crippen LogP contribution in [0, 0.1) is 0 Å². The van der Waals surface area contributed by atoms with Gasteiger partial charge < -0.3 is 10.3 Å². The van der Waals surface area contributed by atoms with E-state index in [-0.39, 0.29) is 18.0 Å². The third-order valence-corrected chi connectivity index (χ3v) is 4.44. The topological polar surface area (TPSA) is 70.7 Å². The van der Waals surface area contributed by atoms with E-state index < -0.39 is 0 Å². The van der Waals surface area contributed by atoms with Crippen LogP contribution in [-0.2, 0) is 13.1 Å². The predicted octanol–water partition coefficient (Wildman–Crippen LogP) is 2.07. The van der Waals surface area contributed by atoms with Gasteiger partial charge in [0.25, 0.3) is 5.56 Å². The van der Waals surface area contributed by atoms with E-state index >= 15 is 0 Å². The molecule has 102 valence electrons. The number of fused-ring (bicyclic) bond motifs is 3. The lowest BCUT2D eigenvalue weighted by Gasteiger charge is -2.00. The third-order valence-electron chi connectivity index (χ3n) is 3.22. The molecule has 0 radical (unpaired) electrons. The lowest BCUT2D eigenvalue weighted by molar-refractivity contribution is 0.768. The molecule has 4 rings (SSSR count). The normalized spacial score (nSPS) is 13.2. The van der Waals surface area contributed by atoms with Gasteiger partial charge in [0.1, 0.15) is 10.4 Å². The largest absolute Gasteiger partial charge is 0.308 e. The minimum absolute atomic E-state index is 0. The number of thiophene rings is 1. The molecule has 0 aliphatic carbocycles. The lowest BCUT2D eigenvalue weighted by atomic mass is 10.2. The van der Waals surface area contributed by atoms with E-state index in [1.54, 1.807) is 6.20 Å². The fourth-order valence-electron chi connectivity index (χ4n) is 2.33. The Morgan fingerprint density at radius 2 is 2.15 bits per heavy atom. The van der Waals surface area contributed by atoms with Gasteiger partial charge in [0, 0.05) is 29.7 Å². The van der Waals surface area contributed by atoms with Gasteiger partial charge >= 0.3 is 0 Å². The van der Waals surface area contributed by atoms with Gasteiger partial charge in [0.05, 0.1) is 5.52 Å². The molecule has 0 unspecified atom stereocenters. The molecule has 0 saturated heterocycles. The van der Waals surface area contributed by atoms with Gasteiger partial charge in [-0.05, 0) is 12.1 Å². The third kappa shape index (κ3) is 1.93. The quantitative estimate of drug-likeness (QED) is 0.722. The fraction of sp³-hybridized carbons (Fsp3) is 0.154. The molecule has 1 aliphatic rings. The number of H-pyrrole nitrogens is 1. The summed E-state index contributed by atoms with van der Waals surface area (Å²) in [6.45, 7) is 1.61. The molecule has 0 aromatic carbocycles. The molecule has 5 nitrogen and oxygen atoms in total. The molecule has 0 amide bonds. The summed E-state index contributed by atoms with van der Waals surface area (Å²) in [6, 6.07) is 5.56. The van der Waals surface area contributed by atoms with Gasteiger partial charge in [-0.15, -0.1) is 23.7 Å². The molecule has 20 heavy (non-hydrogen) atoms. The molecule has 3 aromatic heterocycles. The SMILES string of the molecule is Cl.O=c1[nH]c(-c2ccccn2)nc2c3c(sc12)CNC3. The molecule has 7 heteroatoms. The average molecular weight is 307 g/mol. The summed E-state index contributed by atoms with van der Waals surface area (Å²) >= 11 is 1.53.